The van der Waals surface area contributed by atoms with Gasteiger partial charge in [0.1, 0.15) is 18.4 Å². The summed E-state index contributed by atoms with van der Waals surface area (Å²) in [6.07, 6.45) is 7.19. The van der Waals surface area contributed by atoms with Crippen molar-refractivity contribution in [3.63, 3.8) is 0 Å². The van der Waals surface area contributed by atoms with Gasteiger partial charge in [0.15, 0.2) is 0 Å². The molecule has 0 aliphatic heterocycles. The van der Waals surface area contributed by atoms with E-state index in [0.29, 0.717) is 6.04 Å². The number of fused-ring (bicyclic) bond motifs is 1. The molecule has 0 unspecified atom stereocenters. The first-order valence-corrected chi connectivity index (χ1v) is 8.28. The fourth-order valence-electron chi connectivity index (χ4n) is 3.24. The predicted octanol–water partition coefficient (Wildman–Crippen LogP) is 3.33. The van der Waals surface area contributed by atoms with Crippen molar-refractivity contribution in [2.45, 2.75) is 57.8 Å². The number of halogens is 2. The Bertz CT molecular complexity index is 648. The van der Waals surface area contributed by atoms with Gasteiger partial charge >= 0.3 is 6.61 Å². The lowest BCUT2D eigenvalue weighted by Gasteiger charge is -2.29. The Kier molecular flexibility index (Phi) is 5.40. The largest absolute Gasteiger partial charge is 0.435 e. The summed E-state index contributed by atoms with van der Waals surface area (Å²) in [4.78, 5) is 3.94. The van der Waals surface area contributed by atoms with Crippen molar-refractivity contribution < 1.29 is 13.5 Å². The number of benzene rings is 1. The third-order valence-electron chi connectivity index (χ3n) is 4.40. The summed E-state index contributed by atoms with van der Waals surface area (Å²) in [6.45, 7) is 0.186. The van der Waals surface area contributed by atoms with Crippen molar-refractivity contribution in [1.82, 2.24) is 20.1 Å². The number of nitrogens with zero attached hydrogens (tertiary/aromatic N) is 3. The van der Waals surface area contributed by atoms with E-state index in [1.807, 2.05) is 10.7 Å². The topological polar surface area (TPSA) is 52.0 Å². The fourth-order valence-corrected chi connectivity index (χ4v) is 3.24. The normalized spacial score (nSPS) is 18.4. The van der Waals surface area contributed by atoms with E-state index in [9.17, 15) is 8.78 Å². The third kappa shape index (κ3) is 4.29. The molecule has 1 N–H and O–H groups in total. The standard InChI is InChI=1S/C17H22F2N4O/c1-12(7-8-23-11-20-10-21-23)22-16-4-2-3-13-9-14(24-17(18)19)5-6-15(13)16/h5-6,9-12,16-17,22H,2-4,7-8H2,1H3/t12-,16-/m0/s1. The molecule has 130 valence electrons. The van der Waals surface area contributed by atoms with Crippen molar-refractivity contribution >= 4 is 0 Å². The van der Waals surface area contributed by atoms with Crippen molar-refractivity contribution in [1.29, 1.82) is 0 Å². The first-order valence-electron chi connectivity index (χ1n) is 8.28. The molecule has 0 saturated heterocycles. The molecule has 0 bridgehead atoms. The maximum absolute atomic E-state index is 12.4. The van der Waals surface area contributed by atoms with E-state index in [0.717, 1.165) is 37.8 Å². The van der Waals surface area contributed by atoms with Crippen LogP contribution in [0.3, 0.4) is 0 Å². The van der Waals surface area contributed by atoms with Gasteiger partial charge in [-0.3, -0.25) is 4.68 Å². The van der Waals surface area contributed by atoms with Crippen LogP contribution in [0, 0.1) is 0 Å². The first kappa shape index (κ1) is 16.8. The number of ether oxygens (including phenoxy) is 1. The van der Waals surface area contributed by atoms with E-state index in [2.05, 4.69) is 27.1 Å². The Morgan fingerprint density at radius 3 is 3.04 bits per heavy atom. The average molecular weight is 336 g/mol. The highest BCUT2D eigenvalue weighted by Gasteiger charge is 2.22. The molecule has 3 rings (SSSR count). The van der Waals surface area contributed by atoms with Crippen LogP contribution >= 0.6 is 0 Å². The number of hydrogen-bond donors (Lipinski definition) is 1. The van der Waals surface area contributed by atoms with Crippen molar-refractivity contribution in [3.05, 3.63) is 42.0 Å². The Balaban J connectivity index is 1.61. The van der Waals surface area contributed by atoms with Crippen LogP contribution < -0.4 is 10.1 Å². The van der Waals surface area contributed by atoms with Crippen molar-refractivity contribution in [3.8, 4) is 5.75 Å². The molecule has 5 nitrogen and oxygen atoms in total. The Labute approximate surface area is 140 Å². The minimum Gasteiger partial charge on any atom is -0.435 e. The molecule has 2 atom stereocenters. The number of hydrogen-bond acceptors (Lipinski definition) is 4. The monoisotopic (exact) mass is 336 g/mol. The van der Waals surface area contributed by atoms with E-state index < -0.39 is 6.61 Å². The van der Waals surface area contributed by atoms with Gasteiger partial charge in [-0.25, -0.2) is 4.98 Å². The lowest BCUT2D eigenvalue weighted by Crippen LogP contribution is -2.33. The molecule has 1 aliphatic rings. The molecule has 0 saturated carbocycles. The zero-order valence-corrected chi connectivity index (χ0v) is 13.7. The maximum Gasteiger partial charge on any atom is 0.387 e. The van der Waals surface area contributed by atoms with E-state index in [1.54, 1.807) is 18.5 Å². The van der Waals surface area contributed by atoms with Gasteiger partial charge in [-0.15, -0.1) is 0 Å². The summed E-state index contributed by atoms with van der Waals surface area (Å²) in [5.74, 6) is 0.239. The lowest BCUT2D eigenvalue weighted by atomic mass is 9.87. The smallest absolute Gasteiger partial charge is 0.387 e. The third-order valence-corrected chi connectivity index (χ3v) is 4.40. The summed E-state index contributed by atoms with van der Waals surface area (Å²) < 4.78 is 31.0. The summed E-state index contributed by atoms with van der Waals surface area (Å²) in [5, 5.41) is 7.75. The Morgan fingerprint density at radius 1 is 1.42 bits per heavy atom. The molecule has 0 radical (unpaired) electrons. The summed E-state index contributed by atoms with van der Waals surface area (Å²) in [6, 6.07) is 5.86. The summed E-state index contributed by atoms with van der Waals surface area (Å²) in [7, 11) is 0. The minimum absolute atomic E-state index is 0.239. The zero-order valence-electron chi connectivity index (χ0n) is 13.7. The molecule has 0 spiro atoms. The van der Waals surface area contributed by atoms with Crippen LogP contribution in [0.4, 0.5) is 8.78 Å². The van der Waals surface area contributed by atoms with E-state index in [-0.39, 0.29) is 11.8 Å². The summed E-state index contributed by atoms with van der Waals surface area (Å²) >= 11 is 0. The average Bonchev–Trinajstić information content (AvgIpc) is 3.06. The van der Waals surface area contributed by atoms with Gasteiger partial charge in [0.25, 0.3) is 0 Å². The molecule has 0 amide bonds. The van der Waals surface area contributed by atoms with Crippen LogP contribution in [0.1, 0.15) is 43.4 Å². The van der Waals surface area contributed by atoms with Crippen LogP contribution in [0.5, 0.6) is 5.75 Å². The lowest BCUT2D eigenvalue weighted by molar-refractivity contribution is -0.0499. The van der Waals surface area contributed by atoms with E-state index in [4.69, 9.17) is 0 Å². The van der Waals surface area contributed by atoms with Gasteiger partial charge in [0.2, 0.25) is 0 Å². The SMILES string of the molecule is C[C@@H](CCn1cncn1)N[C@H]1CCCc2cc(OC(F)F)ccc21. The Morgan fingerprint density at radius 2 is 2.29 bits per heavy atom. The number of nitrogens with one attached hydrogen (secondary N) is 1. The van der Waals surface area contributed by atoms with E-state index >= 15 is 0 Å². The van der Waals surface area contributed by atoms with Gasteiger partial charge in [0, 0.05) is 18.6 Å². The number of rotatable bonds is 7. The number of aromatic nitrogens is 3. The van der Waals surface area contributed by atoms with Crippen molar-refractivity contribution in [2.75, 3.05) is 0 Å². The molecular formula is C17H22F2N4O. The molecule has 2 aromatic rings. The molecular weight excluding hydrogens is 314 g/mol. The van der Waals surface area contributed by atoms with Crippen LogP contribution in [0.15, 0.2) is 30.9 Å². The van der Waals surface area contributed by atoms with Gasteiger partial charge in [-0.05, 0) is 55.9 Å². The Hall–Kier alpha value is -2.02. The molecule has 1 aliphatic carbocycles. The van der Waals surface area contributed by atoms with Crippen LogP contribution in [0.25, 0.3) is 0 Å². The van der Waals surface area contributed by atoms with Crippen LogP contribution in [-0.2, 0) is 13.0 Å². The first-order chi connectivity index (χ1) is 11.6. The van der Waals surface area contributed by atoms with Gasteiger partial charge in [-0.2, -0.15) is 13.9 Å². The molecule has 0 fully saturated rings. The minimum atomic E-state index is -2.78. The van der Waals surface area contributed by atoms with Crippen molar-refractivity contribution in [2.24, 2.45) is 0 Å². The van der Waals surface area contributed by atoms with Gasteiger partial charge in [-0.1, -0.05) is 6.07 Å². The molecule has 1 heterocycles. The summed E-state index contributed by atoms with van der Waals surface area (Å²) in [5.41, 5.74) is 2.29. The van der Waals surface area contributed by atoms with Gasteiger partial charge < -0.3 is 10.1 Å². The second-order valence-corrected chi connectivity index (χ2v) is 6.20. The fraction of sp³-hybridized carbons (Fsp3) is 0.529. The molecule has 24 heavy (non-hydrogen) atoms. The van der Waals surface area contributed by atoms with Crippen LogP contribution in [0.2, 0.25) is 0 Å². The molecule has 1 aromatic carbocycles. The van der Waals surface area contributed by atoms with Crippen LogP contribution in [-0.4, -0.2) is 27.4 Å². The highest BCUT2D eigenvalue weighted by atomic mass is 19.3. The van der Waals surface area contributed by atoms with Gasteiger partial charge in [0.05, 0.1) is 0 Å². The number of aryl methyl sites for hydroxylation is 2. The second-order valence-electron chi connectivity index (χ2n) is 6.20. The predicted molar refractivity (Wildman–Crippen MR) is 86.0 cm³/mol. The highest BCUT2D eigenvalue weighted by Crippen LogP contribution is 2.33. The van der Waals surface area contributed by atoms with E-state index in [1.165, 1.54) is 11.9 Å². The highest BCUT2D eigenvalue weighted by molar-refractivity contribution is 5.39. The number of alkyl halides is 2. The zero-order chi connectivity index (χ0) is 16.9. The quantitative estimate of drug-likeness (QED) is 0.843. The molecule has 1 aromatic heterocycles. The second kappa shape index (κ2) is 7.70. The maximum atomic E-state index is 12.4. The molecule has 7 heteroatoms.